The van der Waals surface area contributed by atoms with E-state index in [1.807, 2.05) is 6.07 Å². The van der Waals surface area contributed by atoms with Crippen molar-refractivity contribution < 1.29 is 14.2 Å². The summed E-state index contributed by atoms with van der Waals surface area (Å²) >= 11 is 0. The first-order valence-electron chi connectivity index (χ1n) is 12.2. The SMILES string of the molecule is c1ccc(C(OC23CCCC(CC2)N3CCc2ccc3c(c2)OCO3)c2ccccc2)cc1. The summed E-state index contributed by atoms with van der Waals surface area (Å²) in [6, 6.07) is 28.3. The van der Waals surface area contributed by atoms with Crippen LogP contribution in [0.1, 0.15) is 54.9 Å². The highest BCUT2D eigenvalue weighted by Gasteiger charge is 2.50. The second-order valence-corrected chi connectivity index (χ2v) is 9.48. The van der Waals surface area contributed by atoms with Gasteiger partial charge in [-0.2, -0.15) is 0 Å². The Kier molecular flexibility index (Phi) is 5.57. The summed E-state index contributed by atoms with van der Waals surface area (Å²) in [4.78, 5) is 2.68. The van der Waals surface area contributed by atoms with Gasteiger partial charge in [0.05, 0.1) is 0 Å². The van der Waals surface area contributed by atoms with Crippen LogP contribution in [0.4, 0.5) is 0 Å². The summed E-state index contributed by atoms with van der Waals surface area (Å²) in [5, 5.41) is 0. The van der Waals surface area contributed by atoms with E-state index in [0.29, 0.717) is 12.8 Å². The number of hydrogen-bond donors (Lipinski definition) is 0. The summed E-state index contributed by atoms with van der Waals surface area (Å²) in [5.74, 6) is 1.72. The number of ether oxygens (including phenoxy) is 3. The summed E-state index contributed by atoms with van der Waals surface area (Å²) in [7, 11) is 0. The van der Waals surface area contributed by atoms with Gasteiger partial charge in [0.25, 0.3) is 0 Å². The van der Waals surface area contributed by atoms with Gasteiger partial charge < -0.3 is 14.2 Å². The molecule has 0 N–H and O–H groups in total. The van der Waals surface area contributed by atoms with Crippen LogP contribution < -0.4 is 9.47 Å². The Balaban J connectivity index is 1.26. The minimum atomic E-state index is -0.199. The van der Waals surface area contributed by atoms with Crippen LogP contribution in [0.3, 0.4) is 0 Å². The van der Waals surface area contributed by atoms with Gasteiger partial charge in [-0.05, 0) is 67.3 Å². The fourth-order valence-electron chi connectivity index (χ4n) is 5.93. The van der Waals surface area contributed by atoms with Crippen LogP contribution in [0.2, 0.25) is 0 Å². The number of benzene rings is 3. The average Bonchev–Trinajstić information content (AvgIpc) is 3.41. The second kappa shape index (κ2) is 8.85. The van der Waals surface area contributed by atoms with Crippen LogP contribution in [0, 0.1) is 0 Å². The van der Waals surface area contributed by atoms with Gasteiger partial charge in [0.2, 0.25) is 6.79 Å². The highest BCUT2D eigenvalue weighted by molar-refractivity contribution is 5.44. The lowest BCUT2D eigenvalue weighted by Gasteiger charge is -2.46. The molecule has 2 fully saturated rings. The minimum Gasteiger partial charge on any atom is -0.454 e. The topological polar surface area (TPSA) is 30.9 Å². The van der Waals surface area contributed by atoms with Crippen molar-refractivity contribution in [2.24, 2.45) is 0 Å². The standard InChI is InChI=1S/C29H31NO3/c1-3-8-23(9-4-1)28(24-10-5-2-6-11-24)33-29-17-7-12-25(15-18-29)30(29)19-16-22-13-14-26-27(20-22)32-21-31-26/h1-6,8-11,13-14,20,25,28H,7,12,15-19,21H2. The van der Waals surface area contributed by atoms with Gasteiger partial charge in [0, 0.05) is 12.6 Å². The van der Waals surface area contributed by atoms with E-state index in [2.05, 4.69) is 77.7 Å². The van der Waals surface area contributed by atoms with E-state index in [4.69, 9.17) is 14.2 Å². The highest BCUT2D eigenvalue weighted by Crippen LogP contribution is 2.48. The van der Waals surface area contributed by atoms with E-state index in [0.717, 1.165) is 37.3 Å². The third kappa shape index (κ3) is 4.03. The first kappa shape index (κ1) is 20.8. The number of nitrogens with zero attached hydrogens (tertiary/aromatic N) is 1. The summed E-state index contributed by atoms with van der Waals surface area (Å²) in [6.45, 7) is 1.32. The van der Waals surface area contributed by atoms with Gasteiger partial charge in [-0.1, -0.05) is 66.7 Å². The molecule has 3 heterocycles. The molecule has 2 bridgehead atoms. The molecule has 3 aromatic rings. The number of rotatable bonds is 7. The van der Waals surface area contributed by atoms with Gasteiger partial charge in [-0.15, -0.1) is 0 Å². The summed E-state index contributed by atoms with van der Waals surface area (Å²) in [5.41, 5.74) is 3.54. The number of piperidine rings is 1. The maximum Gasteiger partial charge on any atom is 0.231 e. The van der Waals surface area contributed by atoms with E-state index in [9.17, 15) is 0 Å². The van der Waals surface area contributed by atoms with E-state index in [1.54, 1.807) is 0 Å². The molecule has 0 amide bonds. The third-order valence-corrected chi connectivity index (χ3v) is 7.56. The molecular weight excluding hydrogens is 410 g/mol. The lowest BCUT2D eigenvalue weighted by molar-refractivity contribution is -0.185. The lowest BCUT2D eigenvalue weighted by Crippen LogP contribution is -2.53. The van der Waals surface area contributed by atoms with Crippen LogP contribution in [-0.2, 0) is 11.2 Å². The Morgan fingerprint density at radius 2 is 1.58 bits per heavy atom. The molecule has 2 unspecified atom stereocenters. The molecule has 0 radical (unpaired) electrons. The largest absolute Gasteiger partial charge is 0.454 e. The van der Waals surface area contributed by atoms with Crippen LogP contribution in [0.15, 0.2) is 78.9 Å². The quantitative estimate of drug-likeness (QED) is 0.443. The van der Waals surface area contributed by atoms with Crippen molar-refractivity contribution in [3.05, 3.63) is 95.6 Å². The van der Waals surface area contributed by atoms with Crippen molar-refractivity contribution in [3.8, 4) is 11.5 Å². The molecule has 170 valence electrons. The second-order valence-electron chi connectivity index (χ2n) is 9.48. The maximum absolute atomic E-state index is 7.20. The van der Waals surface area contributed by atoms with Crippen LogP contribution in [0.25, 0.3) is 0 Å². The monoisotopic (exact) mass is 441 g/mol. The number of fused-ring (bicyclic) bond motifs is 3. The molecule has 3 aliphatic rings. The summed E-state index contributed by atoms with van der Waals surface area (Å²) < 4.78 is 18.3. The minimum absolute atomic E-state index is 0.0581. The van der Waals surface area contributed by atoms with Gasteiger partial charge in [0.1, 0.15) is 11.8 Å². The molecular formula is C29H31NO3. The fourth-order valence-corrected chi connectivity index (χ4v) is 5.93. The molecule has 0 spiro atoms. The molecule has 3 aliphatic heterocycles. The molecule has 4 heteroatoms. The highest BCUT2D eigenvalue weighted by atomic mass is 16.7. The Hall–Kier alpha value is -2.82. The molecule has 4 nitrogen and oxygen atoms in total. The molecule has 6 rings (SSSR count). The first-order chi connectivity index (χ1) is 16.3. The normalized spacial score (nSPS) is 23.8. The van der Waals surface area contributed by atoms with Gasteiger partial charge in [-0.25, -0.2) is 0 Å². The van der Waals surface area contributed by atoms with Crippen molar-refractivity contribution in [2.75, 3.05) is 13.3 Å². The van der Waals surface area contributed by atoms with Crippen LogP contribution in [0.5, 0.6) is 11.5 Å². The van der Waals surface area contributed by atoms with Crippen molar-refractivity contribution in [1.82, 2.24) is 4.90 Å². The lowest BCUT2D eigenvalue weighted by atomic mass is 9.96. The predicted molar refractivity (Wildman–Crippen MR) is 128 cm³/mol. The van der Waals surface area contributed by atoms with Crippen molar-refractivity contribution in [1.29, 1.82) is 0 Å². The molecule has 2 atom stereocenters. The molecule has 2 saturated heterocycles. The van der Waals surface area contributed by atoms with Crippen molar-refractivity contribution in [2.45, 2.75) is 56.4 Å². The maximum atomic E-state index is 7.20. The molecule has 33 heavy (non-hydrogen) atoms. The molecule has 3 aromatic carbocycles. The van der Waals surface area contributed by atoms with Crippen molar-refractivity contribution in [3.63, 3.8) is 0 Å². The van der Waals surface area contributed by atoms with Gasteiger partial charge in [0.15, 0.2) is 11.5 Å². The van der Waals surface area contributed by atoms with E-state index < -0.39 is 0 Å². The number of hydrogen-bond acceptors (Lipinski definition) is 4. The van der Waals surface area contributed by atoms with Gasteiger partial charge in [-0.3, -0.25) is 4.90 Å². The smallest absolute Gasteiger partial charge is 0.231 e. The predicted octanol–water partition coefficient (Wildman–Crippen LogP) is 6.11. The van der Waals surface area contributed by atoms with E-state index in [-0.39, 0.29) is 11.8 Å². The third-order valence-electron chi connectivity index (χ3n) is 7.56. The zero-order valence-corrected chi connectivity index (χ0v) is 19.0. The Morgan fingerprint density at radius 1 is 0.848 bits per heavy atom. The van der Waals surface area contributed by atoms with Crippen molar-refractivity contribution >= 4 is 0 Å². The van der Waals surface area contributed by atoms with E-state index in [1.165, 1.54) is 36.0 Å². The molecule has 0 saturated carbocycles. The zero-order valence-electron chi connectivity index (χ0n) is 19.0. The van der Waals surface area contributed by atoms with Gasteiger partial charge >= 0.3 is 0 Å². The van der Waals surface area contributed by atoms with E-state index >= 15 is 0 Å². The molecule has 0 aliphatic carbocycles. The average molecular weight is 442 g/mol. The summed E-state index contributed by atoms with van der Waals surface area (Å²) in [6.07, 6.45) is 6.86. The Morgan fingerprint density at radius 3 is 2.33 bits per heavy atom. The van der Waals surface area contributed by atoms with Crippen LogP contribution in [-0.4, -0.2) is 30.0 Å². The first-order valence-corrected chi connectivity index (χ1v) is 12.2. The Bertz CT molecular complexity index is 1040. The Labute approximate surface area is 196 Å². The fraction of sp³-hybridized carbons (Fsp3) is 0.379. The zero-order chi connectivity index (χ0) is 22.1. The molecule has 0 aromatic heterocycles. The van der Waals surface area contributed by atoms with Crippen LogP contribution >= 0.6 is 0 Å².